The van der Waals surface area contributed by atoms with E-state index in [1.165, 1.54) is 12.1 Å². The number of halogens is 2. The molecule has 192 valence electrons. The second-order valence-electron chi connectivity index (χ2n) is 9.66. The molecule has 1 N–H and O–H groups in total. The number of pyridine rings is 1. The predicted molar refractivity (Wildman–Crippen MR) is 152 cm³/mol. The second kappa shape index (κ2) is 12.0. The molecule has 37 heavy (non-hydrogen) atoms. The molecule has 0 aliphatic heterocycles. The van der Waals surface area contributed by atoms with Gasteiger partial charge in [0.05, 0.1) is 17.2 Å². The van der Waals surface area contributed by atoms with Crippen molar-refractivity contribution in [3.63, 3.8) is 0 Å². The van der Waals surface area contributed by atoms with Crippen LogP contribution in [0.5, 0.6) is 5.88 Å². The van der Waals surface area contributed by atoms with Crippen LogP contribution in [0.15, 0.2) is 88.3 Å². The summed E-state index contributed by atoms with van der Waals surface area (Å²) in [5, 5.41) is 13.4. The summed E-state index contributed by atoms with van der Waals surface area (Å²) in [5.74, 6) is -0.216. The fraction of sp³-hybridized carbons (Fsp3) is 0.290. The minimum Gasteiger partial charge on any atom is -0.475 e. The molecule has 3 aromatic carbocycles. The third-order valence-electron chi connectivity index (χ3n) is 6.56. The van der Waals surface area contributed by atoms with Crippen LogP contribution < -0.4 is 4.74 Å². The van der Waals surface area contributed by atoms with E-state index in [2.05, 4.69) is 33.7 Å². The van der Waals surface area contributed by atoms with Crippen molar-refractivity contribution in [1.29, 1.82) is 0 Å². The van der Waals surface area contributed by atoms with Crippen molar-refractivity contribution in [1.82, 2.24) is 4.98 Å². The lowest BCUT2D eigenvalue weighted by Crippen LogP contribution is -2.39. The predicted octanol–water partition coefficient (Wildman–Crippen LogP) is 7.51. The third kappa shape index (κ3) is 6.62. The molecule has 4 rings (SSSR count). The standard InChI is InChI=1S/C31H32BrFN2O2/c1-21(2)37-30-27(20-24-19-25(32)11-14-28(24)35-30)29(23-7-5-4-6-8-23)31(36,17-18-34-3)16-15-22-9-12-26(33)13-10-22/h4-14,19-21,29,36H,3,15-18H2,1-2H3. The van der Waals surface area contributed by atoms with Gasteiger partial charge in [-0.05, 0) is 87.4 Å². The molecule has 0 aliphatic carbocycles. The Balaban J connectivity index is 1.89. The molecule has 0 bridgehead atoms. The molecule has 4 aromatic rings. The molecular formula is C31H32BrFN2O2. The average molecular weight is 564 g/mol. The first-order valence-electron chi connectivity index (χ1n) is 12.5. The number of benzene rings is 3. The van der Waals surface area contributed by atoms with Crippen LogP contribution in [0.2, 0.25) is 0 Å². The highest BCUT2D eigenvalue weighted by Gasteiger charge is 2.40. The maximum absolute atomic E-state index is 13.5. The fourth-order valence-corrected chi connectivity index (χ4v) is 5.17. The van der Waals surface area contributed by atoms with Gasteiger partial charge in [-0.3, -0.25) is 0 Å². The first kappa shape index (κ1) is 27.0. The summed E-state index contributed by atoms with van der Waals surface area (Å²) in [6.45, 7) is 8.00. The summed E-state index contributed by atoms with van der Waals surface area (Å²) in [5.41, 5.74) is 2.34. The minimum atomic E-state index is -1.20. The Bertz CT molecular complexity index is 1340. The van der Waals surface area contributed by atoms with Crippen LogP contribution in [-0.2, 0) is 6.42 Å². The Kier molecular flexibility index (Phi) is 8.72. The molecule has 2 atom stereocenters. The number of aliphatic imine (C=N–C) groups is 1. The largest absolute Gasteiger partial charge is 0.475 e. The van der Waals surface area contributed by atoms with Crippen molar-refractivity contribution in [3.8, 4) is 5.88 Å². The van der Waals surface area contributed by atoms with Crippen molar-refractivity contribution in [3.05, 3.63) is 106 Å². The summed E-state index contributed by atoms with van der Waals surface area (Å²) in [4.78, 5) is 8.97. The molecule has 0 saturated heterocycles. The normalized spacial score (nSPS) is 13.9. The molecule has 0 spiro atoms. The van der Waals surface area contributed by atoms with Gasteiger partial charge in [0, 0.05) is 27.9 Å². The molecule has 6 heteroatoms. The van der Waals surface area contributed by atoms with E-state index in [-0.39, 0.29) is 11.9 Å². The number of nitrogens with zero attached hydrogens (tertiary/aromatic N) is 2. The topological polar surface area (TPSA) is 54.7 Å². The van der Waals surface area contributed by atoms with E-state index in [9.17, 15) is 9.50 Å². The van der Waals surface area contributed by atoms with Crippen LogP contribution in [-0.4, -0.2) is 35.1 Å². The average Bonchev–Trinajstić information content (AvgIpc) is 2.88. The highest BCUT2D eigenvalue weighted by atomic mass is 79.9. The smallest absolute Gasteiger partial charge is 0.218 e. The van der Waals surface area contributed by atoms with Gasteiger partial charge in [-0.1, -0.05) is 58.4 Å². The number of aryl methyl sites for hydroxylation is 1. The molecule has 1 aromatic heterocycles. The van der Waals surface area contributed by atoms with Crippen LogP contribution in [0.25, 0.3) is 10.9 Å². The van der Waals surface area contributed by atoms with Crippen molar-refractivity contribution in [2.75, 3.05) is 6.54 Å². The molecule has 0 radical (unpaired) electrons. The van der Waals surface area contributed by atoms with Gasteiger partial charge in [0.25, 0.3) is 0 Å². The van der Waals surface area contributed by atoms with Crippen molar-refractivity contribution >= 4 is 33.6 Å². The number of rotatable bonds is 11. The van der Waals surface area contributed by atoms with E-state index in [0.717, 1.165) is 32.1 Å². The lowest BCUT2D eigenvalue weighted by Gasteiger charge is -2.38. The first-order chi connectivity index (χ1) is 17.8. The number of hydrogen-bond acceptors (Lipinski definition) is 4. The van der Waals surface area contributed by atoms with Gasteiger partial charge in [-0.15, -0.1) is 0 Å². The van der Waals surface area contributed by atoms with E-state index in [4.69, 9.17) is 9.72 Å². The Labute approximate surface area is 226 Å². The summed E-state index contributed by atoms with van der Waals surface area (Å²) in [7, 11) is 0. The molecule has 0 aliphatic rings. The van der Waals surface area contributed by atoms with Crippen LogP contribution >= 0.6 is 15.9 Å². The summed E-state index contributed by atoms with van der Waals surface area (Å²) in [6, 6.07) is 24.4. The lowest BCUT2D eigenvalue weighted by molar-refractivity contribution is 0.00819. The Morgan fingerprint density at radius 1 is 1.03 bits per heavy atom. The second-order valence-corrected chi connectivity index (χ2v) is 10.6. The molecule has 0 saturated carbocycles. The Morgan fingerprint density at radius 3 is 2.43 bits per heavy atom. The van der Waals surface area contributed by atoms with Crippen molar-refractivity contribution in [2.24, 2.45) is 4.99 Å². The van der Waals surface area contributed by atoms with Crippen molar-refractivity contribution in [2.45, 2.75) is 50.7 Å². The summed E-state index contributed by atoms with van der Waals surface area (Å²) < 4.78 is 20.7. The molecule has 4 nitrogen and oxygen atoms in total. The minimum absolute atomic E-state index is 0.0993. The van der Waals surface area contributed by atoms with Gasteiger partial charge < -0.3 is 14.8 Å². The van der Waals surface area contributed by atoms with Gasteiger partial charge in [-0.25, -0.2) is 9.37 Å². The zero-order valence-electron chi connectivity index (χ0n) is 21.2. The number of hydrogen-bond donors (Lipinski definition) is 1. The number of fused-ring (bicyclic) bond motifs is 1. The van der Waals surface area contributed by atoms with E-state index < -0.39 is 11.5 Å². The monoisotopic (exact) mass is 562 g/mol. The highest BCUT2D eigenvalue weighted by Crippen LogP contribution is 2.44. The Morgan fingerprint density at radius 2 is 1.76 bits per heavy atom. The zero-order chi connectivity index (χ0) is 26.4. The SMILES string of the molecule is C=NCCC(O)(CCc1ccc(F)cc1)C(c1ccccc1)c1cc2cc(Br)ccc2nc1OC(C)C. The van der Waals surface area contributed by atoms with E-state index in [1.54, 1.807) is 12.1 Å². The van der Waals surface area contributed by atoms with Gasteiger partial charge in [0.15, 0.2) is 0 Å². The maximum atomic E-state index is 13.5. The summed E-state index contributed by atoms with van der Waals surface area (Å²) in [6.07, 6.45) is 1.31. The summed E-state index contributed by atoms with van der Waals surface area (Å²) >= 11 is 3.57. The highest BCUT2D eigenvalue weighted by molar-refractivity contribution is 9.10. The van der Waals surface area contributed by atoms with Gasteiger partial charge in [0.1, 0.15) is 5.82 Å². The Hall–Kier alpha value is -3.09. The van der Waals surface area contributed by atoms with Gasteiger partial charge in [0.2, 0.25) is 5.88 Å². The van der Waals surface area contributed by atoms with Crippen LogP contribution in [0.1, 0.15) is 49.3 Å². The van der Waals surface area contributed by atoms with Gasteiger partial charge >= 0.3 is 0 Å². The molecule has 2 unspecified atom stereocenters. The quantitative estimate of drug-likeness (QED) is 0.192. The molecular weight excluding hydrogens is 531 g/mol. The molecule has 0 amide bonds. The van der Waals surface area contributed by atoms with E-state index >= 15 is 0 Å². The zero-order valence-corrected chi connectivity index (χ0v) is 22.8. The van der Waals surface area contributed by atoms with Gasteiger partial charge in [-0.2, -0.15) is 0 Å². The number of ether oxygens (including phenoxy) is 1. The van der Waals surface area contributed by atoms with Crippen LogP contribution in [0.4, 0.5) is 4.39 Å². The fourth-order valence-electron chi connectivity index (χ4n) is 4.79. The number of aromatic nitrogens is 1. The van der Waals surface area contributed by atoms with Crippen LogP contribution in [0, 0.1) is 5.82 Å². The first-order valence-corrected chi connectivity index (χ1v) is 13.3. The van der Waals surface area contributed by atoms with Crippen molar-refractivity contribution < 1.29 is 14.2 Å². The van der Waals surface area contributed by atoms with E-state index in [1.807, 2.05) is 62.4 Å². The van der Waals surface area contributed by atoms with E-state index in [0.29, 0.717) is 31.7 Å². The lowest BCUT2D eigenvalue weighted by atomic mass is 9.72. The third-order valence-corrected chi connectivity index (χ3v) is 7.05. The van der Waals surface area contributed by atoms with Crippen LogP contribution in [0.3, 0.4) is 0 Å². The molecule has 0 fully saturated rings. The molecule has 1 heterocycles. The maximum Gasteiger partial charge on any atom is 0.218 e. The number of aliphatic hydroxyl groups is 1.